The zero-order valence-corrected chi connectivity index (χ0v) is 12.7. The topological polar surface area (TPSA) is 111 Å². The number of nitrogens with one attached hydrogen (secondary N) is 2. The smallest absolute Gasteiger partial charge is 0.328 e. The third-order valence-electron chi connectivity index (χ3n) is 3.56. The van der Waals surface area contributed by atoms with Crippen molar-refractivity contribution >= 4 is 17.8 Å². The van der Waals surface area contributed by atoms with Gasteiger partial charge in [-0.2, -0.15) is 0 Å². The molecular formula is C14H25N3O4. The molecule has 0 aromatic rings. The Balaban J connectivity index is 0.000000471. The van der Waals surface area contributed by atoms with Crippen molar-refractivity contribution < 1.29 is 19.1 Å². The van der Waals surface area contributed by atoms with E-state index < -0.39 is 17.9 Å². The lowest BCUT2D eigenvalue weighted by Gasteiger charge is -2.18. The lowest BCUT2D eigenvalue weighted by atomic mass is 9.98. The Morgan fingerprint density at radius 2 is 2.05 bits per heavy atom. The van der Waals surface area contributed by atoms with Gasteiger partial charge >= 0.3 is 5.97 Å². The van der Waals surface area contributed by atoms with Crippen LogP contribution in [0.4, 0.5) is 0 Å². The molecule has 2 fully saturated rings. The van der Waals surface area contributed by atoms with Crippen LogP contribution in [0.15, 0.2) is 0 Å². The molecule has 2 atom stereocenters. The third kappa shape index (κ3) is 6.57. The normalized spacial score (nSPS) is 21.7. The van der Waals surface area contributed by atoms with Gasteiger partial charge in [0.1, 0.15) is 6.04 Å². The minimum absolute atomic E-state index is 0.0964. The second kappa shape index (κ2) is 8.61. The van der Waals surface area contributed by atoms with E-state index in [-0.39, 0.29) is 24.8 Å². The number of hydrogen-bond donors (Lipinski definition) is 3. The summed E-state index contributed by atoms with van der Waals surface area (Å²) in [6, 6.07) is -0.815. The molecule has 1 heterocycles. The largest absolute Gasteiger partial charge is 0.467 e. The van der Waals surface area contributed by atoms with Gasteiger partial charge < -0.3 is 21.1 Å². The van der Waals surface area contributed by atoms with Crippen molar-refractivity contribution in [3.63, 3.8) is 0 Å². The summed E-state index contributed by atoms with van der Waals surface area (Å²) in [7, 11) is 1.23. The summed E-state index contributed by atoms with van der Waals surface area (Å²) in [5.41, 5.74) is 5.15. The molecule has 2 amide bonds. The van der Waals surface area contributed by atoms with Crippen molar-refractivity contribution in [1.82, 2.24) is 10.6 Å². The SMILES string of the molecule is CC1CC1.COC(=O)C(CC1CCNC1=O)NC(=O)CN. The minimum atomic E-state index is -0.815. The summed E-state index contributed by atoms with van der Waals surface area (Å²) in [6.45, 7) is 2.67. The van der Waals surface area contributed by atoms with Gasteiger partial charge in [0.2, 0.25) is 11.8 Å². The van der Waals surface area contributed by atoms with Crippen LogP contribution in [0.5, 0.6) is 0 Å². The molecule has 1 saturated heterocycles. The number of rotatable bonds is 5. The first-order chi connectivity index (χ1) is 9.97. The maximum Gasteiger partial charge on any atom is 0.328 e. The number of amides is 2. The maximum absolute atomic E-state index is 11.4. The van der Waals surface area contributed by atoms with E-state index in [0.717, 1.165) is 5.92 Å². The Bertz CT molecular complexity index is 382. The lowest BCUT2D eigenvalue weighted by Crippen LogP contribution is -2.45. The second-order valence-electron chi connectivity index (χ2n) is 5.54. The number of methoxy groups -OCH3 is 1. The molecule has 2 aliphatic rings. The second-order valence-corrected chi connectivity index (χ2v) is 5.54. The molecule has 2 rings (SSSR count). The van der Waals surface area contributed by atoms with Crippen LogP contribution in [0.3, 0.4) is 0 Å². The van der Waals surface area contributed by atoms with Crippen molar-refractivity contribution in [2.45, 2.75) is 38.6 Å². The fourth-order valence-electron chi connectivity index (χ4n) is 1.93. The summed E-state index contributed by atoms with van der Waals surface area (Å²) in [6.07, 6.45) is 3.87. The van der Waals surface area contributed by atoms with Gasteiger partial charge in [-0.3, -0.25) is 9.59 Å². The van der Waals surface area contributed by atoms with Gasteiger partial charge in [0.15, 0.2) is 0 Å². The predicted molar refractivity (Wildman–Crippen MR) is 77.1 cm³/mol. The minimum Gasteiger partial charge on any atom is -0.467 e. The van der Waals surface area contributed by atoms with Crippen LogP contribution >= 0.6 is 0 Å². The Labute approximate surface area is 125 Å². The average molecular weight is 299 g/mol. The predicted octanol–water partition coefficient (Wildman–Crippen LogP) is -0.455. The summed E-state index contributed by atoms with van der Waals surface area (Å²) >= 11 is 0. The molecule has 4 N–H and O–H groups in total. The number of hydrogen-bond acceptors (Lipinski definition) is 5. The number of ether oxygens (including phenoxy) is 1. The van der Waals surface area contributed by atoms with Crippen LogP contribution in [-0.2, 0) is 19.1 Å². The zero-order valence-electron chi connectivity index (χ0n) is 12.7. The highest BCUT2D eigenvalue weighted by Crippen LogP contribution is 2.26. The first-order valence-corrected chi connectivity index (χ1v) is 7.32. The molecule has 120 valence electrons. The van der Waals surface area contributed by atoms with Crippen LogP contribution in [0, 0.1) is 11.8 Å². The third-order valence-corrected chi connectivity index (χ3v) is 3.56. The molecule has 21 heavy (non-hydrogen) atoms. The fraction of sp³-hybridized carbons (Fsp3) is 0.786. The van der Waals surface area contributed by atoms with Gasteiger partial charge in [0.25, 0.3) is 0 Å². The number of esters is 1. The molecule has 0 radical (unpaired) electrons. The fourth-order valence-corrected chi connectivity index (χ4v) is 1.93. The number of nitrogens with two attached hydrogens (primary N) is 1. The molecule has 0 spiro atoms. The molecule has 2 unspecified atom stereocenters. The van der Waals surface area contributed by atoms with E-state index in [1.54, 1.807) is 0 Å². The number of carbonyl (C=O) groups excluding carboxylic acids is 3. The molecule has 0 bridgehead atoms. The van der Waals surface area contributed by atoms with Crippen molar-refractivity contribution in [1.29, 1.82) is 0 Å². The van der Waals surface area contributed by atoms with E-state index in [1.165, 1.54) is 20.0 Å². The van der Waals surface area contributed by atoms with Crippen LogP contribution < -0.4 is 16.4 Å². The van der Waals surface area contributed by atoms with Crippen molar-refractivity contribution in [3.8, 4) is 0 Å². The van der Waals surface area contributed by atoms with Gasteiger partial charge in [-0.1, -0.05) is 19.8 Å². The molecular weight excluding hydrogens is 274 g/mol. The molecule has 0 aromatic carbocycles. The quantitative estimate of drug-likeness (QED) is 0.595. The Morgan fingerprint density at radius 1 is 1.43 bits per heavy atom. The highest BCUT2D eigenvalue weighted by atomic mass is 16.5. The van der Waals surface area contributed by atoms with Crippen LogP contribution in [0.25, 0.3) is 0 Å². The van der Waals surface area contributed by atoms with E-state index in [1.807, 2.05) is 0 Å². The highest BCUT2D eigenvalue weighted by molar-refractivity contribution is 5.86. The average Bonchev–Trinajstić information content (AvgIpc) is 3.16. The van der Waals surface area contributed by atoms with E-state index in [9.17, 15) is 14.4 Å². The van der Waals surface area contributed by atoms with Gasteiger partial charge in [-0.15, -0.1) is 0 Å². The van der Waals surface area contributed by atoms with Gasteiger partial charge in [-0.25, -0.2) is 4.79 Å². The lowest BCUT2D eigenvalue weighted by molar-refractivity contribution is -0.145. The van der Waals surface area contributed by atoms with Crippen molar-refractivity contribution in [2.24, 2.45) is 17.6 Å². The first kappa shape index (κ1) is 17.4. The monoisotopic (exact) mass is 299 g/mol. The van der Waals surface area contributed by atoms with Crippen molar-refractivity contribution in [3.05, 3.63) is 0 Å². The summed E-state index contributed by atoms with van der Waals surface area (Å²) < 4.78 is 4.58. The van der Waals surface area contributed by atoms with Gasteiger partial charge in [0.05, 0.1) is 13.7 Å². The Morgan fingerprint density at radius 3 is 2.43 bits per heavy atom. The molecule has 1 saturated carbocycles. The molecule has 7 heteroatoms. The van der Waals surface area contributed by atoms with E-state index in [4.69, 9.17) is 5.73 Å². The van der Waals surface area contributed by atoms with E-state index >= 15 is 0 Å². The Kier molecular flexibility index (Phi) is 7.14. The molecule has 7 nitrogen and oxygen atoms in total. The molecule has 1 aliphatic carbocycles. The molecule has 1 aliphatic heterocycles. The standard InChI is InChI=1S/C10H17N3O4.C4H8/c1-17-10(16)7(13-8(14)5-11)4-6-2-3-12-9(6)15;1-4-2-3-4/h6-7H,2-5,11H2,1H3,(H,12,15)(H,13,14);4H,2-3H2,1H3. The summed E-state index contributed by atoms with van der Waals surface area (Å²) in [4.78, 5) is 34.0. The van der Waals surface area contributed by atoms with Crippen molar-refractivity contribution in [2.75, 3.05) is 20.2 Å². The molecule has 0 aromatic heterocycles. The zero-order chi connectivity index (χ0) is 15.8. The number of carbonyl (C=O) groups is 3. The van der Waals surface area contributed by atoms with Gasteiger partial charge in [0, 0.05) is 12.5 Å². The van der Waals surface area contributed by atoms with E-state index in [0.29, 0.717) is 13.0 Å². The Hall–Kier alpha value is -1.63. The van der Waals surface area contributed by atoms with Gasteiger partial charge in [-0.05, 0) is 18.8 Å². The first-order valence-electron chi connectivity index (χ1n) is 7.32. The highest BCUT2D eigenvalue weighted by Gasteiger charge is 2.31. The van der Waals surface area contributed by atoms with Crippen LogP contribution in [0.1, 0.15) is 32.6 Å². The van der Waals surface area contributed by atoms with Crippen LogP contribution in [0.2, 0.25) is 0 Å². The summed E-state index contributed by atoms with van der Waals surface area (Å²) in [5.74, 6) is -0.289. The maximum atomic E-state index is 11.4. The summed E-state index contributed by atoms with van der Waals surface area (Å²) in [5, 5.41) is 5.12. The van der Waals surface area contributed by atoms with E-state index in [2.05, 4.69) is 22.3 Å². The van der Waals surface area contributed by atoms with Crippen LogP contribution in [-0.4, -0.2) is 44.0 Å².